The molecule has 1 heterocycles. The molecule has 0 spiro atoms. The van der Waals surface area contributed by atoms with Gasteiger partial charge in [-0.2, -0.15) is 0 Å². The fraction of sp³-hybridized carbons (Fsp3) is 0.882. The maximum absolute atomic E-state index is 12.8. The zero-order valence-electron chi connectivity index (χ0n) is 13.0. The molecule has 4 bridgehead atoms. The van der Waals surface area contributed by atoms with Gasteiger partial charge in [-0.1, -0.05) is 0 Å². The molecule has 4 saturated carbocycles. The Kier molecular flexibility index (Phi) is 3.26. The molecule has 0 radical (unpaired) electrons. The normalized spacial score (nSPS) is 46.2. The van der Waals surface area contributed by atoms with Gasteiger partial charge in [-0.05, 0) is 61.7 Å². The summed E-state index contributed by atoms with van der Waals surface area (Å²) in [7, 11) is 0. The van der Waals surface area contributed by atoms with Crippen molar-refractivity contribution in [1.82, 2.24) is 4.90 Å². The Hall–Kier alpha value is -1.10. The van der Waals surface area contributed by atoms with Crippen LogP contribution in [0.1, 0.15) is 51.4 Å². The van der Waals surface area contributed by atoms with Gasteiger partial charge in [0, 0.05) is 19.4 Å². The number of nitrogens with zero attached hydrogens (tertiary/aromatic N) is 1. The van der Waals surface area contributed by atoms with Crippen molar-refractivity contribution in [1.29, 1.82) is 0 Å². The van der Waals surface area contributed by atoms with Crippen LogP contribution in [0.5, 0.6) is 0 Å². The first-order valence-corrected chi connectivity index (χ1v) is 8.71. The number of rotatable bonds is 3. The quantitative estimate of drug-likeness (QED) is 0.817. The van der Waals surface area contributed by atoms with E-state index in [0.717, 1.165) is 17.8 Å². The molecule has 0 aromatic rings. The van der Waals surface area contributed by atoms with E-state index in [1.807, 2.05) is 0 Å². The summed E-state index contributed by atoms with van der Waals surface area (Å²) in [6.45, 7) is 0.263. The molecule has 0 aromatic heterocycles. The van der Waals surface area contributed by atoms with Gasteiger partial charge < -0.3 is 15.7 Å². The largest absolute Gasteiger partial charge is 0.391 e. The highest BCUT2D eigenvalue weighted by atomic mass is 16.3. The van der Waals surface area contributed by atoms with Crippen molar-refractivity contribution >= 4 is 11.8 Å². The summed E-state index contributed by atoms with van der Waals surface area (Å²) in [5, 5.41) is 9.80. The topological polar surface area (TPSA) is 83.6 Å². The van der Waals surface area contributed by atoms with Crippen LogP contribution in [0.3, 0.4) is 0 Å². The Bertz CT molecular complexity index is 469. The highest BCUT2D eigenvalue weighted by Crippen LogP contribution is 2.61. The summed E-state index contributed by atoms with van der Waals surface area (Å²) in [4.78, 5) is 25.9. The van der Waals surface area contributed by atoms with E-state index >= 15 is 0 Å². The lowest BCUT2D eigenvalue weighted by atomic mass is 9.49. The van der Waals surface area contributed by atoms with Crippen molar-refractivity contribution in [3.05, 3.63) is 0 Å². The number of hydrogen-bond acceptors (Lipinski definition) is 3. The maximum atomic E-state index is 12.8. The van der Waals surface area contributed by atoms with Gasteiger partial charge in [-0.15, -0.1) is 0 Å². The summed E-state index contributed by atoms with van der Waals surface area (Å²) < 4.78 is 0. The Morgan fingerprint density at radius 1 is 1.05 bits per heavy atom. The highest BCUT2D eigenvalue weighted by Gasteiger charge is 2.52. The second-order valence-corrected chi connectivity index (χ2v) is 8.45. The SMILES string of the molecule is NC(=O)[C@@H]1C[C@H](O)CN1C(=O)CC12CC3CC(CC(C3)C1)C2. The van der Waals surface area contributed by atoms with E-state index in [4.69, 9.17) is 5.73 Å². The van der Waals surface area contributed by atoms with Crippen LogP contribution < -0.4 is 5.73 Å². The molecule has 1 saturated heterocycles. The lowest BCUT2D eigenvalue weighted by molar-refractivity contribution is -0.144. The number of aliphatic hydroxyl groups excluding tert-OH is 1. The average molecular weight is 306 g/mol. The average Bonchev–Trinajstić information content (AvgIpc) is 2.79. The fourth-order valence-electron chi connectivity index (χ4n) is 6.29. The molecular formula is C17H26N2O3. The van der Waals surface area contributed by atoms with E-state index < -0.39 is 18.1 Å². The summed E-state index contributed by atoms with van der Waals surface area (Å²) >= 11 is 0. The summed E-state index contributed by atoms with van der Waals surface area (Å²) in [5.74, 6) is 1.98. The Morgan fingerprint density at radius 3 is 2.09 bits per heavy atom. The molecule has 5 fully saturated rings. The molecule has 1 aliphatic heterocycles. The van der Waals surface area contributed by atoms with Gasteiger partial charge in [0.25, 0.3) is 0 Å². The number of amides is 2. The zero-order chi connectivity index (χ0) is 15.5. The molecule has 0 unspecified atom stereocenters. The predicted octanol–water partition coefficient (Wildman–Crippen LogP) is 1.04. The molecule has 3 N–H and O–H groups in total. The van der Waals surface area contributed by atoms with E-state index in [1.165, 1.54) is 38.5 Å². The van der Waals surface area contributed by atoms with E-state index in [9.17, 15) is 14.7 Å². The van der Waals surface area contributed by atoms with E-state index in [-0.39, 0.29) is 17.9 Å². The number of primary amides is 1. The molecule has 2 atom stereocenters. The monoisotopic (exact) mass is 306 g/mol. The van der Waals surface area contributed by atoms with Crippen LogP contribution >= 0.6 is 0 Å². The van der Waals surface area contributed by atoms with Gasteiger partial charge in [-0.25, -0.2) is 0 Å². The Balaban J connectivity index is 1.49. The van der Waals surface area contributed by atoms with Gasteiger partial charge >= 0.3 is 0 Å². The third-order valence-corrected chi connectivity index (χ3v) is 6.62. The molecule has 0 aromatic carbocycles. The van der Waals surface area contributed by atoms with E-state index in [0.29, 0.717) is 12.8 Å². The van der Waals surface area contributed by atoms with Crippen molar-refractivity contribution < 1.29 is 14.7 Å². The van der Waals surface area contributed by atoms with Gasteiger partial charge in [-0.3, -0.25) is 9.59 Å². The molecule has 22 heavy (non-hydrogen) atoms. The molecule has 5 rings (SSSR count). The molecule has 4 aliphatic carbocycles. The van der Waals surface area contributed by atoms with Gasteiger partial charge in [0.05, 0.1) is 6.10 Å². The summed E-state index contributed by atoms with van der Waals surface area (Å²) in [6.07, 6.45) is 7.86. The Morgan fingerprint density at radius 2 is 1.59 bits per heavy atom. The second-order valence-electron chi connectivity index (χ2n) is 8.45. The third kappa shape index (κ3) is 2.34. The molecule has 2 amide bonds. The minimum Gasteiger partial charge on any atom is -0.391 e. The van der Waals surface area contributed by atoms with Gasteiger partial charge in [0.1, 0.15) is 6.04 Å². The highest BCUT2D eigenvalue weighted by molar-refractivity contribution is 5.87. The molecule has 5 aliphatic rings. The van der Waals surface area contributed by atoms with Crippen LogP contribution in [-0.4, -0.2) is 40.5 Å². The van der Waals surface area contributed by atoms with E-state index in [1.54, 1.807) is 4.90 Å². The standard InChI is InChI=1S/C17H26N2O3/c18-16(22)14-4-13(20)9-19(14)15(21)8-17-5-10-1-11(6-17)3-12(2-10)7-17/h10-14,20H,1-9H2,(H2,18,22)/t10?,11?,12?,13-,14-,17?/m0/s1. The number of aliphatic hydroxyl groups is 1. The van der Waals surface area contributed by atoms with Crippen molar-refractivity contribution in [3.63, 3.8) is 0 Å². The number of likely N-dealkylation sites (tertiary alicyclic amines) is 1. The maximum Gasteiger partial charge on any atom is 0.240 e. The van der Waals surface area contributed by atoms with Crippen LogP contribution in [0.15, 0.2) is 0 Å². The third-order valence-electron chi connectivity index (χ3n) is 6.62. The van der Waals surface area contributed by atoms with Crippen molar-refractivity contribution in [2.75, 3.05) is 6.54 Å². The summed E-state index contributed by atoms with van der Waals surface area (Å²) in [5.41, 5.74) is 5.57. The van der Waals surface area contributed by atoms with Crippen LogP contribution in [0.25, 0.3) is 0 Å². The van der Waals surface area contributed by atoms with Crippen molar-refractivity contribution in [3.8, 4) is 0 Å². The predicted molar refractivity (Wildman–Crippen MR) is 80.5 cm³/mol. The first-order chi connectivity index (χ1) is 10.4. The van der Waals surface area contributed by atoms with Crippen LogP contribution in [-0.2, 0) is 9.59 Å². The molecule has 5 heteroatoms. The first kappa shape index (κ1) is 14.5. The lowest BCUT2D eigenvalue weighted by Gasteiger charge is -2.57. The minimum absolute atomic E-state index is 0.0299. The zero-order valence-corrected chi connectivity index (χ0v) is 13.0. The smallest absolute Gasteiger partial charge is 0.240 e. The van der Waals surface area contributed by atoms with Crippen LogP contribution in [0, 0.1) is 23.2 Å². The second kappa shape index (κ2) is 4.95. The van der Waals surface area contributed by atoms with Gasteiger partial charge in [0.2, 0.25) is 11.8 Å². The number of β-amino-alcohol motifs (C(OH)–C–C–N with tert-alkyl or cyclic N) is 1. The van der Waals surface area contributed by atoms with Crippen LogP contribution in [0.2, 0.25) is 0 Å². The van der Waals surface area contributed by atoms with Crippen molar-refractivity contribution in [2.24, 2.45) is 28.9 Å². The lowest BCUT2D eigenvalue weighted by Crippen LogP contribution is -2.50. The fourth-order valence-corrected chi connectivity index (χ4v) is 6.29. The van der Waals surface area contributed by atoms with Crippen molar-refractivity contribution in [2.45, 2.75) is 63.5 Å². The minimum atomic E-state index is -0.614. The molecular weight excluding hydrogens is 280 g/mol. The molecule has 5 nitrogen and oxygen atoms in total. The van der Waals surface area contributed by atoms with E-state index in [2.05, 4.69) is 0 Å². The molecule has 122 valence electrons. The Labute approximate surface area is 131 Å². The number of carbonyl (C=O) groups is 2. The number of nitrogens with two attached hydrogens (primary N) is 1. The van der Waals surface area contributed by atoms with Gasteiger partial charge in [0.15, 0.2) is 0 Å². The summed E-state index contributed by atoms with van der Waals surface area (Å²) in [6, 6.07) is -0.614. The van der Waals surface area contributed by atoms with Crippen LogP contribution in [0.4, 0.5) is 0 Å². The number of hydrogen-bond donors (Lipinski definition) is 2. The number of carbonyl (C=O) groups excluding carboxylic acids is 2. The first-order valence-electron chi connectivity index (χ1n) is 8.71.